The molecular weight excluding hydrogens is 244 g/mol. The van der Waals surface area contributed by atoms with Gasteiger partial charge in [0.1, 0.15) is 6.54 Å². The molecule has 5 nitrogen and oxygen atoms in total. The average Bonchev–Trinajstić information content (AvgIpc) is 2.44. The van der Waals surface area contributed by atoms with Crippen molar-refractivity contribution < 1.29 is 14.3 Å². The molecule has 0 aliphatic rings. The fourth-order valence-electron chi connectivity index (χ4n) is 1.55. The lowest BCUT2D eigenvalue weighted by atomic mass is 10.1. The maximum atomic E-state index is 11.8. The molecule has 0 aromatic heterocycles. The molecule has 19 heavy (non-hydrogen) atoms. The Morgan fingerprint density at radius 2 is 1.84 bits per heavy atom. The number of nitrogens with one attached hydrogen (secondary N) is 1. The molecule has 1 rings (SSSR count). The highest BCUT2D eigenvalue weighted by atomic mass is 16.5. The van der Waals surface area contributed by atoms with E-state index in [9.17, 15) is 9.59 Å². The number of ether oxygens (including phenoxy) is 1. The molecule has 0 unspecified atom stereocenters. The number of amides is 2. The number of benzene rings is 1. The molecule has 5 heteroatoms. The lowest BCUT2D eigenvalue weighted by molar-refractivity contribution is -0.141. The van der Waals surface area contributed by atoms with Crippen molar-refractivity contribution in [2.24, 2.45) is 0 Å². The van der Waals surface area contributed by atoms with E-state index >= 15 is 0 Å². The quantitative estimate of drug-likeness (QED) is 0.827. The van der Waals surface area contributed by atoms with Crippen LogP contribution in [0.25, 0.3) is 0 Å². The summed E-state index contributed by atoms with van der Waals surface area (Å²) in [7, 11) is 1.65. The summed E-state index contributed by atoms with van der Waals surface area (Å²) in [5.74, 6) is -0.439. The van der Waals surface area contributed by atoms with E-state index in [2.05, 4.69) is 12.2 Å². The van der Waals surface area contributed by atoms with Crippen molar-refractivity contribution in [3.8, 4) is 0 Å². The molecule has 2 amide bonds. The predicted molar refractivity (Wildman–Crippen MR) is 74.3 cm³/mol. The normalized spacial score (nSPS) is 9.84. The van der Waals surface area contributed by atoms with Crippen molar-refractivity contribution in [1.82, 2.24) is 5.32 Å². The molecule has 0 spiro atoms. The number of anilines is 1. The zero-order valence-electron chi connectivity index (χ0n) is 11.6. The van der Waals surface area contributed by atoms with Gasteiger partial charge in [-0.1, -0.05) is 19.1 Å². The minimum Gasteiger partial charge on any atom is -0.465 e. The number of hydrogen-bond acceptors (Lipinski definition) is 3. The highest BCUT2D eigenvalue weighted by Gasteiger charge is 2.12. The van der Waals surface area contributed by atoms with Gasteiger partial charge in [0.05, 0.1) is 6.61 Å². The maximum absolute atomic E-state index is 11.8. The van der Waals surface area contributed by atoms with Crippen LogP contribution >= 0.6 is 0 Å². The first-order chi connectivity index (χ1) is 9.08. The van der Waals surface area contributed by atoms with Gasteiger partial charge in [-0.3, -0.25) is 9.69 Å². The number of carbonyl (C=O) groups excluding carboxylic acids is 2. The van der Waals surface area contributed by atoms with Crippen LogP contribution in [0.5, 0.6) is 0 Å². The second-order valence-corrected chi connectivity index (χ2v) is 4.04. The Kier molecular flexibility index (Phi) is 5.85. The van der Waals surface area contributed by atoms with Gasteiger partial charge >= 0.3 is 12.0 Å². The summed E-state index contributed by atoms with van der Waals surface area (Å²) in [6.07, 6.45) is 0.957. The van der Waals surface area contributed by atoms with Crippen LogP contribution in [0.2, 0.25) is 0 Å². The highest BCUT2D eigenvalue weighted by Crippen LogP contribution is 2.14. The first-order valence-electron chi connectivity index (χ1n) is 6.34. The molecule has 0 saturated carbocycles. The Morgan fingerprint density at radius 1 is 1.21 bits per heavy atom. The Labute approximate surface area is 113 Å². The van der Waals surface area contributed by atoms with Gasteiger partial charge < -0.3 is 10.1 Å². The molecule has 1 N–H and O–H groups in total. The maximum Gasteiger partial charge on any atom is 0.325 e. The molecule has 0 saturated heterocycles. The number of hydrogen-bond donors (Lipinski definition) is 1. The van der Waals surface area contributed by atoms with Gasteiger partial charge in [0.25, 0.3) is 0 Å². The molecule has 1 aromatic carbocycles. The zero-order chi connectivity index (χ0) is 14.3. The van der Waals surface area contributed by atoms with E-state index in [-0.39, 0.29) is 12.6 Å². The van der Waals surface area contributed by atoms with Crippen molar-refractivity contribution in [1.29, 1.82) is 0 Å². The fourth-order valence-corrected chi connectivity index (χ4v) is 1.55. The summed E-state index contributed by atoms with van der Waals surface area (Å²) in [4.78, 5) is 24.4. The second-order valence-electron chi connectivity index (χ2n) is 4.04. The molecular formula is C14H20N2O3. The van der Waals surface area contributed by atoms with Crippen LogP contribution in [-0.2, 0) is 16.0 Å². The molecule has 0 radical (unpaired) electrons. The number of urea groups is 1. The van der Waals surface area contributed by atoms with Crippen LogP contribution in [-0.4, -0.2) is 32.2 Å². The average molecular weight is 264 g/mol. The van der Waals surface area contributed by atoms with E-state index in [1.165, 1.54) is 10.5 Å². The van der Waals surface area contributed by atoms with Gasteiger partial charge in [0.15, 0.2) is 0 Å². The number of nitrogens with zero attached hydrogens (tertiary/aromatic N) is 1. The number of carbonyl (C=O) groups is 2. The third-order valence-corrected chi connectivity index (χ3v) is 2.73. The van der Waals surface area contributed by atoms with E-state index < -0.39 is 5.97 Å². The summed E-state index contributed by atoms with van der Waals surface area (Å²) < 4.78 is 4.74. The summed E-state index contributed by atoms with van der Waals surface area (Å²) in [6.45, 7) is 3.99. The van der Waals surface area contributed by atoms with Gasteiger partial charge in [0, 0.05) is 12.7 Å². The van der Waals surface area contributed by atoms with Crippen LogP contribution in [0.3, 0.4) is 0 Å². The predicted octanol–water partition coefficient (Wildman–Crippen LogP) is 1.96. The molecule has 104 valence electrons. The molecule has 0 atom stereocenters. The Hall–Kier alpha value is -2.04. The lowest BCUT2D eigenvalue weighted by Crippen LogP contribution is -2.40. The summed E-state index contributed by atoms with van der Waals surface area (Å²) >= 11 is 0. The second kappa shape index (κ2) is 7.41. The van der Waals surface area contributed by atoms with Crippen LogP contribution in [0.1, 0.15) is 19.4 Å². The Bertz CT molecular complexity index is 429. The summed E-state index contributed by atoms with van der Waals surface area (Å²) in [6, 6.07) is 7.37. The molecule has 0 fully saturated rings. The van der Waals surface area contributed by atoms with Crippen molar-refractivity contribution in [3.63, 3.8) is 0 Å². The first-order valence-corrected chi connectivity index (χ1v) is 6.34. The lowest BCUT2D eigenvalue weighted by Gasteiger charge is -2.18. The standard InChI is InChI=1S/C14H20N2O3/c1-4-11-6-8-12(9-7-11)16(3)14(18)15-10-13(17)19-5-2/h6-9H,4-5,10H2,1-3H3,(H,15,18). The van der Waals surface area contributed by atoms with Crippen LogP contribution in [0.4, 0.5) is 10.5 Å². The largest absolute Gasteiger partial charge is 0.465 e. The van der Waals surface area contributed by atoms with Gasteiger partial charge in [-0.25, -0.2) is 4.79 Å². The van der Waals surface area contributed by atoms with Gasteiger partial charge in [-0.2, -0.15) is 0 Å². The van der Waals surface area contributed by atoms with Crippen LogP contribution < -0.4 is 10.2 Å². The summed E-state index contributed by atoms with van der Waals surface area (Å²) in [5, 5.41) is 2.51. The molecule has 0 bridgehead atoms. The highest BCUT2D eigenvalue weighted by molar-refractivity contribution is 5.93. The molecule has 1 aromatic rings. The summed E-state index contributed by atoms with van der Waals surface area (Å²) in [5.41, 5.74) is 1.99. The number of aryl methyl sites for hydroxylation is 1. The fraction of sp³-hybridized carbons (Fsp3) is 0.429. The smallest absolute Gasteiger partial charge is 0.325 e. The minimum atomic E-state index is -0.439. The number of rotatable bonds is 5. The molecule has 0 aliphatic carbocycles. The van der Waals surface area contributed by atoms with E-state index in [1.807, 2.05) is 24.3 Å². The number of esters is 1. The topological polar surface area (TPSA) is 58.6 Å². The van der Waals surface area contributed by atoms with Gasteiger partial charge in [-0.05, 0) is 31.0 Å². The SMILES string of the molecule is CCOC(=O)CNC(=O)N(C)c1ccc(CC)cc1. The van der Waals surface area contributed by atoms with Crippen LogP contribution in [0.15, 0.2) is 24.3 Å². The van der Waals surface area contributed by atoms with Crippen molar-refractivity contribution in [2.45, 2.75) is 20.3 Å². The van der Waals surface area contributed by atoms with E-state index in [0.29, 0.717) is 6.61 Å². The minimum absolute atomic E-state index is 0.121. The molecule has 0 aliphatic heterocycles. The van der Waals surface area contributed by atoms with Crippen LogP contribution in [0, 0.1) is 0 Å². The monoisotopic (exact) mass is 264 g/mol. The third kappa shape index (κ3) is 4.62. The van der Waals surface area contributed by atoms with Crippen molar-refractivity contribution in [2.75, 3.05) is 25.1 Å². The molecule has 0 heterocycles. The van der Waals surface area contributed by atoms with E-state index in [4.69, 9.17) is 4.74 Å². The first kappa shape index (κ1) is 15.0. The van der Waals surface area contributed by atoms with Gasteiger partial charge in [-0.15, -0.1) is 0 Å². The van der Waals surface area contributed by atoms with Crippen molar-refractivity contribution in [3.05, 3.63) is 29.8 Å². The van der Waals surface area contributed by atoms with E-state index in [0.717, 1.165) is 12.1 Å². The van der Waals surface area contributed by atoms with Crippen molar-refractivity contribution >= 4 is 17.7 Å². The Morgan fingerprint density at radius 3 is 2.37 bits per heavy atom. The van der Waals surface area contributed by atoms with Gasteiger partial charge in [0.2, 0.25) is 0 Å². The third-order valence-electron chi connectivity index (χ3n) is 2.73. The Balaban J connectivity index is 2.53. The zero-order valence-corrected chi connectivity index (χ0v) is 11.6. The van der Waals surface area contributed by atoms with E-state index in [1.54, 1.807) is 14.0 Å².